The Morgan fingerprint density at radius 2 is 1.61 bits per heavy atom. The van der Waals surface area contributed by atoms with Gasteiger partial charge in [-0.25, -0.2) is 9.59 Å². The lowest BCUT2D eigenvalue weighted by molar-refractivity contribution is 0.00503. The number of esters is 1. The number of carbonyl (C=O) groups excluding carboxylic acids is 1. The number of anilines is 1. The molecule has 0 aromatic rings. The average Bonchev–Trinajstić information content (AvgIpc) is 2.57. The lowest BCUT2D eigenvalue weighted by atomic mass is 9.90. The van der Waals surface area contributed by atoms with Crippen LogP contribution in [0.5, 0.6) is 0 Å². The molecule has 0 fully saturated rings. The molecule has 2 rings (SSSR count). The summed E-state index contributed by atoms with van der Waals surface area (Å²) in [6.07, 6.45) is -0.343. The van der Waals surface area contributed by atoms with Gasteiger partial charge in [-0.3, -0.25) is 0 Å². The maximum Gasteiger partial charge on any atom is 0.341 e. The van der Waals surface area contributed by atoms with E-state index in [2.05, 4.69) is 0 Å². The van der Waals surface area contributed by atoms with Crippen molar-refractivity contribution in [2.75, 3.05) is 5.73 Å². The molecule has 0 aromatic heterocycles. The third-order valence-corrected chi connectivity index (χ3v) is 4.04. The Labute approximate surface area is 135 Å². The molecule has 122 valence electrons. The first-order chi connectivity index (χ1) is 10.6. The Morgan fingerprint density at radius 1 is 1.09 bits per heavy atom. The van der Waals surface area contributed by atoms with Crippen molar-refractivity contribution in [1.29, 1.82) is 0 Å². The van der Waals surface area contributed by atoms with Crippen LogP contribution in [-0.4, -0.2) is 23.1 Å². The van der Waals surface area contributed by atoms with Crippen LogP contribution in [0.25, 0.3) is 11.1 Å². The quantitative estimate of drug-likeness (QED) is 0.844. The zero-order chi connectivity index (χ0) is 17.4. The van der Waals surface area contributed by atoms with Crippen molar-refractivity contribution in [2.24, 2.45) is 5.41 Å². The van der Waals surface area contributed by atoms with Crippen LogP contribution >= 0.6 is 0 Å². The highest BCUT2D eigenvalue weighted by molar-refractivity contribution is 6.14. The summed E-state index contributed by atoms with van der Waals surface area (Å²) in [6, 6.07) is 8.52. The van der Waals surface area contributed by atoms with E-state index in [1.807, 2.05) is 20.8 Å². The third-order valence-electron chi connectivity index (χ3n) is 4.04. The van der Waals surface area contributed by atoms with Gasteiger partial charge in [0, 0.05) is 0 Å². The first-order valence-corrected chi connectivity index (χ1v) is 7.39. The van der Waals surface area contributed by atoms with Crippen molar-refractivity contribution in [1.82, 2.24) is 0 Å². The molecule has 0 aliphatic heterocycles. The minimum Gasteiger partial charge on any atom is -0.478 e. The molecule has 0 bridgehead atoms. The summed E-state index contributed by atoms with van der Waals surface area (Å²) in [4.78, 5) is 24.1. The van der Waals surface area contributed by atoms with Gasteiger partial charge in [0.25, 0.3) is 0 Å². The zero-order valence-corrected chi connectivity index (χ0v) is 13.7. The van der Waals surface area contributed by atoms with Gasteiger partial charge in [-0.2, -0.15) is 0 Å². The molecule has 0 heterocycles. The van der Waals surface area contributed by atoms with Gasteiger partial charge in [0.1, 0.15) is 6.10 Å². The van der Waals surface area contributed by atoms with Crippen molar-refractivity contribution >= 4 is 17.6 Å². The van der Waals surface area contributed by atoms with Crippen molar-refractivity contribution < 1.29 is 19.4 Å². The molecule has 0 saturated carbocycles. The van der Waals surface area contributed by atoms with E-state index in [9.17, 15) is 14.7 Å². The molecule has 0 radical (unpaired) electrons. The largest absolute Gasteiger partial charge is 0.478 e. The molecule has 2 aliphatic carbocycles. The average molecular weight is 315 g/mol. The van der Waals surface area contributed by atoms with Gasteiger partial charge in [0.05, 0.1) is 16.8 Å². The van der Waals surface area contributed by atoms with Gasteiger partial charge in [-0.1, -0.05) is 51.1 Å². The Bertz CT molecular complexity index is 731. The van der Waals surface area contributed by atoms with Gasteiger partial charge >= 0.3 is 11.9 Å². The molecule has 23 heavy (non-hydrogen) atoms. The maximum atomic E-state index is 12.6. The topological polar surface area (TPSA) is 89.6 Å². The standard InChI is InChI=1S/C18H21NO4/c1-10(18(2,3)4)23-17(22)14-12-9-7-5-6-8-11(12)13(15(14)19)16(20)21/h5-10H,19H2,1-4H3,(H,20,21). The van der Waals surface area contributed by atoms with E-state index in [4.69, 9.17) is 10.5 Å². The van der Waals surface area contributed by atoms with Gasteiger partial charge in [0.2, 0.25) is 0 Å². The van der Waals surface area contributed by atoms with Crippen molar-refractivity contribution in [3.8, 4) is 11.1 Å². The highest BCUT2D eigenvalue weighted by Crippen LogP contribution is 2.39. The van der Waals surface area contributed by atoms with E-state index in [1.54, 1.807) is 37.3 Å². The number of fused-ring (bicyclic) bond motifs is 1. The fraction of sp³-hybridized carbons (Fsp3) is 0.333. The summed E-state index contributed by atoms with van der Waals surface area (Å²) in [7, 11) is 0. The fourth-order valence-electron chi connectivity index (χ4n) is 2.25. The van der Waals surface area contributed by atoms with E-state index in [0.29, 0.717) is 11.1 Å². The first kappa shape index (κ1) is 16.8. The molecular formula is C18H21NO4. The highest BCUT2D eigenvalue weighted by Gasteiger charge is 2.32. The third kappa shape index (κ3) is 3.13. The van der Waals surface area contributed by atoms with Crippen LogP contribution in [0.1, 0.15) is 48.4 Å². The number of nitrogen functional groups attached to an aromatic ring is 1. The summed E-state index contributed by atoms with van der Waals surface area (Å²) < 4.78 is 5.50. The molecule has 3 N–H and O–H groups in total. The Morgan fingerprint density at radius 3 is 2.09 bits per heavy atom. The number of carbonyl (C=O) groups is 2. The summed E-state index contributed by atoms with van der Waals surface area (Å²) >= 11 is 0. The first-order valence-electron chi connectivity index (χ1n) is 7.39. The molecule has 1 atom stereocenters. The number of rotatable bonds is 3. The van der Waals surface area contributed by atoms with Gasteiger partial charge in [-0.05, 0) is 23.5 Å². The second-order valence-electron chi connectivity index (χ2n) is 6.62. The Hall–Kier alpha value is -2.56. The van der Waals surface area contributed by atoms with Crippen molar-refractivity contribution in [3.05, 3.63) is 41.5 Å². The molecule has 0 amide bonds. The molecule has 5 nitrogen and oxygen atoms in total. The van der Waals surface area contributed by atoms with Crippen LogP contribution in [0, 0.1) is 5.41 Å². The second-order valence-corrected chi connectivity index (χ2v) is 6.62. The van der Waals surface area contributed by atoms with E-state index in [1.165, 1.54) is 0 Å². The lowest BCUT2D eigenvalue weighted by Crippen LogP contribution is -2.29. The SMILES string of the molecule is CC(OC(=O)c1c2cccccc-2c(C(=O)O)c1N)C(C)(C)C. The Kier molecular flexibility index (Phi) is 4.32. The number of carboxylic acids is 1. The van der Waals surface area contributed by atoms with Gasteiger partial charge in [0.15, 0.2) is 0 Å². The highest BCUT2D eigenvalue weighted by atomic mass is 16.5. The van der Waals surface area contributed by atoms with Crippen LogP contribution < -0.4 is 5.73 Å². The van der Waals surface area contributed by atoms with E-state index < -0.39 is 11.9 Å². The molecule has 2 aliphatic rings. The smallest absolute Gasteiger partial charge is 0.341 e. The predicted octanol–water partition coefficient (Wildman–Crippen LogP) is 3.66. The minimum absolute atomic E-state index is 0.0511. The van der Waals surface area contributed by atoms with E-state index >= 15 is 0 Å². The summed E-state index contributed by atoms with van der Waals surface area (Å²) in [5.41, 5.74) is 6.64. The maximum absolute atomic E-state index is 12.6. The minimum atomic E-state index is -1.17. The molecule has 0 aromatic carbocycles. The second kappa shape index (κ2) is 5.91. The lowest BCUT2D eigenvalue weighted by Gasteiger charge is -2.27. The van der Waals surface area contributed by atoms with E-state index in [0.717, 1.165) is 0 Å². The number of ether oxygens (including phenoxy) is 1. The summed E-state index contributed by atoms with van der Waals surface area (Å²) in [5.74, 6) is -1.77. The fourth-order valence-corrected chi connectivity index (χ4v) is 2.25. The molecule has 0 spiro atoms. The molecule has 0 saturated heterocycles. The number of nitrogens with two attached hydrogens (primary N) is 1. The number of aromatic carboxylic acids is 1. The van der Waals surface area contributed by atoms with Gasteiger partial charge in [-0.15, -0.1) is 0 Å². The summed E-state index contributed by atoms with van der Waals surface area (Å²) in [6.45, 7) is 7.68. The number of carboxylic acid groups (broad SMARTS) is 1. The molecular weight excluding hydrogens is 294 g/mol. The van der Waals surface area contributed by atoms with Crippen LogP contribution in [0.3, 0.4) is 0 Å². The van der Waals surface area contributed by atoms with Crippen LogP contribution in [0.15, 0.2) is 30.3 Å². The van der Waals surface area contributed by atoms with E-state index in [-0.39, 0.29) is 28.3 Å². The normalized spacial score (nSPS) is 12.9. The van der Waals surface area contributed by atoms with Crippen LogP contribution in [-0.2, 0) is 4.74 Å². The zero-order valence-electron chi connectivity index (χ0n) is 13.7. The Balaban J connectivity index is 2.56. The molecule has 1 unspecified atom stereocenters. The molecule has 5 heteroatoms. The van der Waals surface area contributed by atoms with Crippen molar-refractivity contribution in [2.45, 2.75) is 33.8 Å². The monoisotopic (exact) mass is 315 g/mol. The van der Waals surface area contributed by atoms with Crippen molar-refractivity contribution in [3.63, 3.8) is 0 Å². The predicted molar refractivity (Wildman–Crippen MR) is 88.8 cm³/mol. The number of hydrogen-bond acceptors (Lipinski definition) is 4. The summed E-state index contributed by atoms with van der Waals surface area (Å²) in [5, 5.41) is 9.42. The van der Waals surface area contributed by atoms with Crippen LogP contribution in [0.4, 0.5) is 5.69 Å². The van der Waals surface area contributed by atoms with Crippen LogP contribution in [0.2, 0.25) is 0 Å². The number of hydrogen-bond donors (Lipinski definition) is 2. The van der Waals surface area contributed by atoms with Gasteiger partial charge < -0.3 is 15.6 Å².